The van der Waals surface area contributed by atoms with Crippen LogP contribution in [-0.4, -0.2) is 21.2 Å². The molecule has 0 aliphatic heterocycles. The number of aromatic nitrogens is 2. The van der Waals surface area contributed by atoms with E-state index in [1.807, 2.05) is 6.92 Å². The van der Waals surface area contributed by atoms with Crippen molar-refractivity contribution in [3.8, 4) is 0 Å². The summed E-state index contributed by atoms with van der Waals surface area (Å²) in [6.07, 6.45) is 3.64. The van der Waals surface area contributed by atoms with Crippen molar-refractivity contribution >= 4 is 6.29 Å². The Bertz CT molecular complexity index is 257. The zero-order chi connectivity index (χ0) is 8.97. The van der Waals surface area contributed by atoms with Crippen LogP contribution in [0.3, 0.4) is 0 Å². The molecule has 1 atom stereocenters. The van der Waals surface area contributed by atoms with E-state index in [1.165, 1.54) is 6.20 Å². The van der Waals surface area contributed by atoms with Crippen LogP contribution in [0.4, 0.5) is 0 Å². The number of rotatable bonds is 4. The van der Waals surface area contributed by atoms with Crippen molar-refractivity contribution in [1.29, 1.82) is 0 Å². The molecule has 0 amide bonds. The average Bonchev–Trinajstić information content (AvgIpc) is 2.52. The van der Waals surface area contributed by atoms with Crippen molar-refractivity contribution in [2.75, 3.05) is 0 Å². The normalized spacial score (nSPS) is 12.8. The lowest BCUT2D eigenvalue weighted by atomic mass is 10.2. The number of aliphatic hydroxyl groups is 1. The molecule has 66 valence electrons. The molecular formula is C8H12N2O2. The van der Waals surface area contributed by atoms with Crippen molar-refractivity contribution in [1.82, 2.24) is 9.78 Å². The minimum absolute atomic E-state index is 0.493. The number of aldehydes is 1. The van der Waals surface area contributed by atoms with E-state index in [4.69, 9.17) is 5.11 Å². The molecule has 1 unspecified atom stereocenters. The summed E-state index contributed by atoms with van der Waals surface area (Å²) in [5, 5.41) is 13.1. The smallest absolute Gasteiger partial charge is 0.153 e. The van der Waals surface area contributed by atoms with Gasteiger partial charge < -0.3 is 9.90 Å². The summed E-state index contributed by atoms with van der Waals surface area (Å²) in [5.74, 6) is 0. The minimum atomic E-state index is -1.03. The van der Waals surface area contributed by atoms with Gasteiger partial charge in [0.15, 0.2) is 6.29 Å². The van der Waals surface area contributed by atoms with E-state index >= 15 is 0 Å². The summed E-state index contributed by atoms with van der Waals surface area (Å²) in [7, 11) is 0. The fourth-order valence-corrected chi connectivity index (χ4v) is 0.962. The fourth-order valence-electron chi connectivity index (χ4n) is 0.962. The molecule has 0 radical (unpaired) electrons. The molecule has 0 bridgehead atoms. The van der Waals surface area contributed by atoms with Crippen LogP contribution in [0.2, 0.25) is 0 Å². The highest BCUT2D eigenvalue weighted by molar-refractivity contribution is 5.58. The molecule has 4 heteroatoms. The summed E-state index contributed by atoms with van der Waals surface area (Å²) in [5.41, 5.74) is 0.554. The molecule has 1 N–H and O–H groups in total. The quantitative estimate of drug-likeness (QED) is 0.667. The van der Waals surface area contributed by atoms with Gasteiger partial charge in [-0.3, -0.25) is 4.68 Å². The van der Waals surface area contributed by atoms with Crippen molar-refractivity contribution in [2.45, 2.75) is 26.0 Å². The maximum Gasteiger partial charge on any atom is 0.153 e. The molecule has 1 aromatic heterocycles. The largest absolute Gasteiger partial charge is 0.381 e. The van der Waals surface area contributed by atoms with E-state index in [0.717, 1.165) is 13.0 Å². The van der Waals surface area contributed by atoms with Crippen LogP contribution >= 0.6 is 0 Å². The maximum absolute atomic E-state index is 10.2. The summed E-state index contributed by atoms with van der Waals surface area (Å²) in [4.78, 5) is 10.2. The van der Waals surface area contributed by atoms with Gasteiger partial charge in [-0.15, -0.1) is 0 Å². The fraction of sp³-hybridized carbons (Fsp3) is 0.500. The van der Waals surface area contributed by atoms with E-state index in [-0.39, 0.29) is 0 Å². The first-order chi connectivity index (χ1) is 5.77. The van der Waals surface area contributed by atoms with Crippen LogP contribution in [-0.2, 0) is 11.3 Å². The molecule has 0 saturated carbocycles. The van der Waals surface area contributed by atoms with Gasteiger partial charge in [0.05, 0.1) is 6.20 Å². The predicted molar refractivity (Wildman–Crippen MR) is 43.5 cm³/mol. The Hall–Kier alpha value is -1.16. The van der Waals surface area contributed by atoms with Gasteiger partial charge in [-0.2, -0.15) is 5.10 Å². The third-order valence-corrected chi connectivity index (χ3v) is 1.58. The molecule has 1 heterocycles. The lowest BCUT2D eigenvalue weighted by Crippen LogP contribution is -1.98. The second-order valence-electron chi connectivity index (χ2n) is 2.62. The SMILES string of the molecule is CCCn1cc(C(O)C=O)cn1. The molecule has 0 aromatic carbocycles. The van der Waals surface area contributed by atoms with Gasteiger partial charge in [0.1, 0.15) is 6.10 Å². The zero-order valence-electron chi connectivity index (χ0n) is 6.97. The third kappa shape index (κ3) is 1.92. The first-order valence-electron chi connectivity index (χ1n) is 3.93. The number of aryl methyl sites for hydroxylation is 1. The Morgan fingerprint density at radius 1 is 1.83 bits per heavy atom. The van der Waals surface area contributed by atoms with E-state index in [1.54, 1.807) is 10.9 Å². The van der Waals surface area contributed by atoms with E-state index < -0.39 is 6.10 Å². The predicted octanol–water partition coefficient (Wildman–Crippen LogP) is 0.525. The molecule has 0 spiro atoms. The Morgan fingerprint density at radius 2 is 2.58 bits per heavy atom. The number of aliphatic hydroxyl groups excluding tert-OH is 1. The Labute approximate surface area is 70.8 Å². The van der Waals surface area contributed by atoms with Gasteiger partial charge in [0.2, 0.25) is 0 Å². The van der Waals surface area contributed by atoms with Gasteiger partial charge in [-0.05, 0) is 6.42 Å². The Balaban J connectivity index is 2.69. The molecule has 4 nitrogen and oxygen atoms in total. The monoisotopic (exact) mass is 168 g/mol. The molecule has 12 heavy (non-hydrogen) atoms. The maximum atomic E-state index is 10.2. The minimum Gasteiger partial charge on any atom is -0.381 e. The highest BCUT2D eigenvalue weighted by Crippen LogP contribution is 2.08. The van der Waals surface area contributed by atoms with Gasteiger partial charge in [0.25, 0.3) is 0 Å². The van der Waals surface area contributed by atoms with Crippen molar-refractivity contribution in [3.63, 3.8) is 0 Å². The first-order valence-corrected chi connectivity index (χ1v) is 3.93. The van der Waals surface area contributed by atoms with Gasteiger partial charge in [-0.25, -0.2) is 0 Å². The highest BCUT2D eigenvalue weighted by atomic mass is 16.3. The van der Waals surface area contributed by atoms with Crippen LogP contribution in [0.1, 0.15) is 25.0 Å². The standard InChI is InChI=1S/C8H12N2O2/c1-2-3-10-5-7(4-9-10)8(12)6-11/h4-6,8,12H,2-3H2,1H3. The average molecular weight is 168 g/mol. The van der Waals surface area contributed by atoms with Crippen molar-refractivity contribution in [2.24, 2.45) is 0 Å². The molecular weight excluding hydrogens is 156 g/mol. The number of hydrogen-bond acceptors (Lipinski definition) is 3. The van der Waals surface area contributed by atoms with Gasteiger partial charge >= 0.3 is 0 Å². The van der Waals surface area contributed by atoms with Crippen molar-refractivity contribution < 1.29 is 9.90 Å². The van der Waals surface area contributed by atoms with Crippen LogP contribution in [0, 0.1) is 0 Å². The molecule has 0 aliphatic carbocycles. The molecule has 1 aromatic rings. The van der Waals surface area contributed by atoms with Crippen LogP contribution in [0.25, 0.3) is 0 Å². The van der Waals surface area contributed by atoms with Crippen LogP contribution < -0.4 is 0 Å². The lowest BCUT2D eigenvalue weighted by molar-refractivity contribution is -0.115. The highest BCUT2D eigenvalue weighted by Gasteiger charge is 2.07. The second kappa shape index (κ2) is 4.01. The Kier molecular flexibility index (Phi) is 2.99. The molecule has 0 fully saturated rings. The van der Waals surface area contributed by atoms with Gasteiger partial charge in [0, 0.05) is 18.3 Å². The summed E-state index contributed by atoms with van der Waals surface area (Å²) >= 11 is 0. The lowest BCUT2D eigenvalue weighted by Gasteiger charge is -1.97. The molecule has 0 aliphatic rings. The number of hydrogen-bond donors (Lipinski definition) is 1. The number of carbonyl (C=O) groups excluding carboxylic acids is 1. The van der Waals surface area contributed by atoms with Gasteiger partial charge in [-0.1, -0.05) is 6.92 Å². The Morgan fingerprint density at radius 3 is 3.17 bits per heavy atom. The van der Waals surface area contributed by atoms with Crippen LogP contribution in [0.15, 0.2) is 12.4 Å². The van der Waals surface area contributed by atoms with E-state index in [0.29, 0.717) is 11.8 Å². The number of carbonyl (C=O) groups is 1. The zero-order valence-corrected chi connectivity index (χ0v) is 6.97. The molecule has 0 saturated heterocycles. The summed E-state index contributed by atoms with van der Waals surface area (Å²) in [6, 6.07) is 0. The molecule has 1 rings (SSSR count). The van der Waals surface area contributed by atoms with E-state index in [9.17, 15) is 4.79 Å². The topological polar surface area (TPSA) is 55.1 Å². The van der Waals surface area contributed by atoms with E-state index in [2.05, 4.69) is 5.10 Å². The third-order valence-electron chi connectivity index (χ3n) is 1.58. The van der Waals surface area contributed by atoms with Crippen LogP contribution in [0.5, 0.6) is 0 Å². The summed E-state index contributed by atoms with van der Waals surface area (Å²) < 4.78 is 1.71. The second-order valence-corrected chi connectivity index (χ2v) is 2.62. The number of nitrogens with zero attached hydrogens (tertiary/aromatic N) is 2. The van der Waals surface area contributed by atoms with Crippen molar-refractivity contribution in [3.05, 3.63) is 18.0 Å². The summed E-state index contributed by atoms with van der Waals surface area (Å²) in [6.45, 7) is 2.85. The first kappa shape index (κ1) is 8.93.